The number of hydrogen-bond acceptors (Lipinski definition) is 4. The van der Waals surface area contributed by atoms with Crippen LogP contribution in [-0.2, 0) is 17.8 Å². The van der Waals surface area contributed by atoms with Crippen molar-refractivity contribution in [1.82, 2.24) is 14.9 Å². The molecule has 0 bridgehead atoms. The van der Waals surface area contributed by atoms with E-state index in [1.54, 1.807) is 7.11 Å². The summed E-state index contributed by atoms with van der Waals surface area (Å²) in [6.45, 7) is 6.18. The molecule has 5 heteroatoms. The fourth-order valence-corrected chi connectivity index (χ4v) is 3.28. The van der Waals surface area contributed by atoms with E-state index in [2.05, 4.69) is 35.1 Å². The summed E-state index contributed by atoms with van der Waals surface area (Å²) in [5.74, 6) is 2.65. The minimum absolute atomic E-state index is 0.508. The van der Waals surface area contributed by atoms with Crippen LogP contribution in [0.15, 0.2) is 30.5 Å². The second kappa shape index (κ2) is 8.31. The lowest BCUT2D eigenvalue weighted by molar-refractivity contribution is 0.146. The van der Waals surface area contributed by atoms with Crippen LogP contribution in [0.4, 0.5) is 0 Å². The van der Waals surface area contributed by atoms with Crippen LogP contribution < -0.4 is 10.1 Å². The molecule has 3 rings (SSSR count). The molecule has 24 heavy (non-hydrogen) atoms. The molecule has 1 aromatic heterocycles. The predicted molar refractivity (Wildman–Crippen MR) is 94.5 cm³/mol. The third-order valence-corrected chi connectivity index (χ3v) is 4.42. The van der Waals surface area contributed by atoms with Gasteiger partial charge in [0.05, 0.1) is 12.3 Å². The molecular formula is C19H27N3O2. The van der Waals surface area contributed by atoms with Gasteiger partial charge in [0.2, 0.25) is 0 Å². The van der Waals surface area contributed by atoms with Crippen LogP contribution in [0.2, 0.25) is 0 Å². The van der Waals surface area contributed by atoms with E-state index in [0.29, 0.717) is 19.1 Å². The summed E-state index contributed by atoms with van der Waals surface area (Å²) in [4.78, 5) is 4.71. The lowest BCUT2D eigenvalue weighted by atomic mass is 9.99. The Bertz CT molecular complexity index is 654. The van der Waals surface area contributed by atoms with Gasteiger partial charge in [-0.3, -0.25) is 0 Å². The van der Waals surface area contributed by atoms with Gasteiger partial charge in [0, 0.05) is 38.9 Å². The van der Waals surface area contributed by atoms with Crippen molar-refractivity contribution in [3.05, 3.63) is 47.5 Å². The van der Waals surface area contributed by atoms with E-state index in [9.17, 15) is 0 Å². The molecule has 1 atom stereocenters. The fraction of sp³-hybridized carbons (Fsp3) is 0.526. The number of hydrogen-bond donors (Lipinski definition) is 1. The number of ether oxygens (including phenoxy) is 2. The van der Waals surface area contributed by atoms with Crippen LogP contribution in [0.5, 0.6) is 5.75 Å². The fourth-order valence-electron chi connectivity index (χ4n) is 3.28. The molecule has 0 amide bonds. The number of imidazole rings is 1. The van der Waals surface area contributed by atoms with Crippen LogP contribution in [0.25, 0.3) is 0 Å². The highest BCUT2D eigenvalue weighted by Gasteiger charge is 2.21. The highest BCUT2D eigenvalue weighted by Crippen LogP contribution is 2.26. The average molecular weight is 329 g/mol. The van der Waals surface area contributed by atoms with Gasteiger partial charge in [0.15, 0.2) is 0 Å². The lowest BCUT2D eigenvalue weighted by Crippen LogP contribution is -2.26. The van der Waals surface area contributed by atoms with Crippen molar-refractivity contribution in [3.8, 4) is 5.75 Å². The molecule has 130 valence electrons. The van der Waals surface area contributed by atoms with Gasteiger partial charge in [-0.05, 0) is 37.5 Å². The summed E-state index contributed by atoms with van der Waals surface area (Å²) in [5, 5.41) is 3.58. The first-order chi connectivity index (χ1) is 11.8. The van der Waals surface area contributed by atoms with Gasteiger partial charge in [0.25, 0.3) is 0 Å². The largest absolute Gasteiger partial charge is 0.491 e. The van der Waals surface area contributed by atoms with E-state index >= 15 is 0 Å². The van der Waals surface area contributed by atoms with Gasteiger partial charge in [-0.25, -0.2) is 4.98 Å². The van der Waals surface area contributed by atoms with Crippen LogP contribution in [0.1, 0.15) is 35.8 Å². The molecule has 0 saturated carbocycles. The van der Waals surface area contributed by atoms with E-state index in [1.807, 2.05) is 12.1 Å². The van der Waals surface area contributed by atoms with Crippen LogP contribution in [-0.4, -0.2) is 36.4 Å². The normalized spacial score (nSPS) is 16.8. The smallest absolute Gasteiger partial charge is 0.119 e. The van der Waals surface area contributed by atoms with Crippen molar-refractivity contribution in [3.63, 3.8) is 0 Å². The molecule has 0 spiro atoms. The number of aryl methyl sites for hydroxylation is 2. The molecule has 1 unspecified atom stereocenters. The van der Waals surface area contributed by atoms with E-state index in [1.165, 1.54) is 24.2 Å². The van der Waals surface area contributed by atoms with Gasteiger partial charge in [-0.1, -0.05) is 12.1 Å². The molecule has 0 aliphatic carbocycles. The summed E-state index contributed by atoms with van der Waals surface area (Å²) >= 11 is 0. The monoisotopic (exact) mass is 329 g/mol. The predicted octanol–water partition coefficient (Wildman–Crippen LogP) is 2.88. The standard InChI is InChI=1S/C19H27N3O2/c1-15-14-22-8-4-6-17(19(22)21-15)13-20-12-16-5-3-7-18(11-16)24-10-9-23-2/h3,5,7,11,14,17,20H,4,6,8-10,12-13H2,1-2H3. The van der Waals surface area contributed by atoms with Crippen molar-refractivity contribution in [1.29, 1.82) is 0 Å². The van der Waals surface area contributed by atoms with Crippen molar-refractivity contribution in [2.75, 3.05) is 26.9 Å². The number of fused-ring (bicyclic) bond motifs is 1. The Morgan fingerprint density at radius 3 is 3.12 bits per heavy atom. The van der Waals surface area contributed by atoms with Crippen molar-refractivity contribution < 1.29 is 9.47 Å². The minimum atomic E-state index is 0.508. The van der Waals surface area contributed by atoms with E-state index < -0.39 is 0 Å². The summed E-state index contributed by atoms with van der Waals surface area (Å²) < 4.78 is 13.0. The van der Waals surface area contributed by atoms with Gasteiger partial charge in [-0.2, -0.15) is 0 Å². The molecule has 1 aliphatic heterocycles. The summed E-state index contributed by atoms with van der Waals surface area (Å²) in [5.41, 5.74) is 2.36. The Labute approximate surface area is 144 Å². The number of methoxy groups -OCH3 is 1. The molecule has 5 nitrogen and oxygen atoms in total. The van der Waals surface area contributed by atoms with Crippen molar-refractivity contribution in [2.24, 2.45) is 0 Å². The first-order valence-electron chi connectivity index (χ1n) is 8.71. The minimum Gasteiger partial charge on any atom is -0.491 e. The zero-order chi connectivity index (χ0) is 16.8. The molecule has 0 saturated heterocycles. The quantitative estimate of drug-likeness (QED) is 0.757. The zero-order valence-electron chi connectivity index (χ0n) is 14.6. The second-order valence-electron chi connectivity index (χ2n) is 6.39. The molecule has 1 aliphatic rings. The molecule has 1 N–H and O–H groups in total. The SMILES string of the molecule is COCCOc1cccc(CNCC2CCCn3cc(C)nc32)c1. The van der Waals surface area contributed by atoms with Gasteiger partial charge < -0.3 is 19.4 Å². The van der Waals surface area contributed by atoms with Gasteiger partial charge >= 0.3 is 0 Å². The maximum absolute atomic E-state index is 5.67. The number of nitrogens with one attached hydrogen (secondary N) is 1. The van der Waals surface area contributed by atoms with Crippen LogP contribution in [0, 0.1) is 6.92 Å². The summed E-state index contributed by atoms with van der Waals surface area (Å²) in [6.07, 6.45) is 4.61. The topological polar surface area (TPSA) is 48.3 Å². The maximum atomic E-state index is 5.67. The molecular weight excluding hydrogens is 302 g/mol. The molecule has 1 aromatic carbocycles. The number of aromatic nitrogens is 2. The Hall–Kier alpha value is -1.85. The van der Waals surface area contributed by atoms with Crippen LogP contribution in [0.3, 0.4) is 0 Å². The Morgan fingerprint density at radius 1 is 1.33 bits per heavy atom. The Balaban J connectivity index is 1.51. The Morgan fingerprint density at radius 2 is 2.25 bits per heavy atom. The first kappa shape index (κ1) is 17.0. The highest BCUT2D eigenvalue weighted by atomic mass is 16.5. The van der Waals surface area contributed by atoms with E-state index in [0.717, 1.165) is 31.1 Å². The summed E-state index contributed by atoms with van der Waals surface area (Å²) in [6, 6.07) is 8.24. The van der Waals surface area contributed by atoms with Gasteiger partial charge in [-0.15, -0.1) is 0 Å². The molecule has 2 aromatic rings. The zero-order valence-corrected chi connectivity index (χ0v) is 14.6. The second-order valence-corrected chi connectivity index (χ2v) is 6.39. The highest BCUT2D eigenvalue weighted by molar-refractivity contribution is 5.28. The molecule has 0 fully saturated rings. The lowest BCUT2D eigenvalue weighted by Gasteiger charge is -2.23. The van der Waals surface area contributed by atoms with Gasteiger partial charge in [0.1, 0.15) is 18.2 Å². The van der Waals surface area contributed by atoms with Crippen molar-refractivity contribution in [2.45, 2.75) is 38.8 Å². The van der Waals surface area contributed by atoms with E-state index in [4.69, 9.17) is 14.5 Å². The Kier molecular flexibility index (Phi) is 5.88. The van der Waals surface area contributed by atoms with Crippen molar-refractivity contribution >= 4 is 0 Å². The van der Waals surface area contributed by atoms with E-state index in [-0.39, 0.29) is 0 Å². The molecule has 2 heterocycles. The third-order valence-electron chi connectivity index (χ3n) is 4.42. The molecule has 0 radical (unpaired) electrons. The first-order valence-corrected chi connectivity index (χ1v) is 8.71. The number of nitrogens with zero attached hydrogens (tertiary/aromatic N) is 2. The average Bonchev–Trinajstić information content (AvgIpc) is 2.97. The third kappa shape index (κ3) is 4.36. The number of benzene rings is 1. The van der Waals surface area contributed by atoms with Crippen LogP contribution >= 0.6 is 0 Å². The summed E-state index contributed by atoms with van der Waals surface area (Å²) in [7, 11) is 1.68. The number of rotatable bonds is 8. The maximum Gasteiger partial charge on any atom is 0.119 e.